The van der Waals surface area contributed by atoms with Crippen LogP contribution in [0, 0.1) is 5.82 Å². The van der Waals surface area contributed by atoms with E-state index in [1.165, 1.54) is 25.0 Å². The second-order valence-corrected chi connectivity index (χ2v) is 5.63. The zero-order valence-electron chi connectivity index (χ0n) is 11.0. The molecule has 1 aromatic carbocycles. The number of hydrogen-bond donors (Lipinski definition) is 2. The molecule has 0 aliphatic heterocycles. The Balaban J connectivity index is 2.11. The van der Waals surface area contributed by atoms with Crippen LogP contribution >= 0.6 is 0 Å². The minimum atomic E-state index is -0.237. The van der Waals surface area contributed by atoms with Crippen molar-refractivity contribution in [3.05, 3.63) is 35.8 Å². The van der Waals surface area contributed by atoms with Gasteiger partial charge in [0.25, 0.3) is 0 Å². The van der Waals surface area contributed by atoms with Gasteiger partial charge in [0.1, 0.15) is 5.82 Å². The van der Waals surface area contributed by atoms with E-state index in [4.69, 9.17) is 5.73 Å². The van der Waals surface area contributed by atoms with Crippen molar-refractivity contribution in [2.24, 2.45) is 0 Å². The zero-order chi connectivity index (χ0) is 13.5. The molecule has 3 N–H and O–H groups in total. The van der Waals surface area contributed by atoms with Gasteiger partial charge in [-0.1, -0.05) is 31.9 Å². The highest BCUT2D eigenvalue weighted by atomic mass is 19.1. The van der Waals surface area contributed by atoms with Gasteiger partial charge in [-0.05, 0) is 30.5 Å². The molecule has 1 aliphatic rings. The van der Waals surface area contributed by atoms with Gasteiger partial charge in [-0.3, -0.25) is 5.10 Å². The summed E-state index contributed by atoms with van der Waals surface area (Å²) in [7, 11) is 0. The molecule has 0 saturated heterocycles. The van der Waals surface area contributed by atoms with Crippen LogP contribution in [0.1, 0.15) is 38.3 Å². The summed E-state index contributed by atoms with van der Waals surface area (Å²) in [6.45, 7) is 2.25. The quantitative estimate of drug-likeness (QED) is 0.865. The first-order chi connectivity index (χ1) is 9.10. The van der Waals surface area contributed by atoms with Crippen LogP contribution in [0.5, 0.6) is 0 Å². The van der Waals surface area contributed by atoms with Crippen molar-refractivity contribution >= 4 is 5.82 Å². The SMILES string of the molecule is CC1(c2[nH]nc(N)c2-c2ccc(F)cc2)CCCC1. The molecule has 0 spiro atoms. The number of nitrogens with two attached hydrogens (primary N) is 1. The van der Waals surface area contributed by atoms with Crippen molar-refractivity contribution in [3.63, 3.8) is 0 Å². The highest BCUT2D eigenvalue weighted by Crippen LogP contribution is 2.44. The number of aromatic nitrogens is 2. The predicted octanol–water partition coefficient (Wildman–Crippen LogP) is 3.63. The van der Waals surface area contributed by atoms with E-state index in [0.29, 0.717) is 5.82 Å². The van der Waals surface area contributed by atoms with Gasteiger partial charge in [0.2, 0.25) is 0 Å². The topological polar surface area (TPSA) is 54.7 Å². The monoisotopic (exact) mass is 259 g/mol. The fourth-order valence-electron chi connectivity index (χ4n) is 3.11. The number of rotatable bonds is 2. The Morgan fingerprint density at radius 2 is 1.84 bits per heavy atom. The van der Waals surface area contributed by atoms with Gasteiger partial charge >= 0.3 is 0 Å². The van der Waals surface area contributed by atoms with Crippen molar-refractivity contribution in [2.45, 2.75) is 38.0 Å². The molecular weight excluding hydrogens is 241 g/mol. The number of nitrogens with one attached hydrogen (secondary N) is 1. The van der Waals surface area contributed by atoms with Gasteiger partial charge in [0.05, 0.1) is 5.69 Å². The maximum atomic E-state index is 13.1. The van der Waals surface area contributed by atoms with Crippen LogP contribution in [0.25, 0.3) is 11.1 Å². The van der Waals surface area contributed by atoms with Crippen molar-refractivity contribution in [2.75, 3.05) is 5.73 Å². The lowest BCUT2D eigenvalue weighted by Crippen LogP contribution is -2.18. The minimum Gasteiger partial charge on any atom is -0.382 e. The third kappa shape index (κ3) is 2.01. The largest absolute Gasteiger partial charge is 0.382 e. The molecule has 1 heterocycles. The molecule has 100 valence electrons. The first kappa shape index (κ1) is 12.2. The van der Waals surface area contributed by atoms with Gasteiger partial charge in [0.15, 0.2) is 5.82 Å². The number of hydrogen-bond acceptors (Lipinski definition) is 2. The molecule has 3 nitrogen and oxygen atoms in total. The van der Waals surface area contributed by atoms with E-state index in [2.05, 4.69) is 17.1 Å². The van der Waals surface area contributed by atoms with Crippen LogP contribution in [0.3, 0.4) is 0 Å². The predicted molar refractivity (Wildman–Crippen MR) is 74.2 cm³/mol. The lowest BCUT2D eigenvalue weighted by molar-refractivity contribution is 0.476. The highest BCUT2D eigenvalue weighted by molar-refractivity contribution is 5.77. The average Bonchev–Trinajstić information content (AvgIpc) is 2.98. The molecule has 1 fully saturated rings. The number of aromatic amines is 1. The number of benzene rings is 1. The van der Waals surface area contributed by atoms with Crippen molar-refractivity contribution in [1.82, 2.24) is 10.2 Å². The second-order valence-electron chi connectivity index (χ2n) is 5.63. The van der Waals surface area contributed by atoms with Crippen LogP contribution in [-0.2, 0) is 5.41 Å². The fraction of sp³-hybridized carbons (Fsp3) is 0.400. The average molecular weight is 259 g/mol. The number of H-pyrrole nitrogens is 1. The van der Waals surface area contributed by atoms with Crippen LogP contribution in [0.15, 0.2) is 24.3 Å². The molecule has 1 aromatic heterocycles. The summed E-state index contributed by atoms with van der Waals surface area (Å²) in [5.41, 5.74) is 9.06. The lowest BCUT2D eigenvalue weighted by Gasteiger charge is -2.23. The summed E-state index contributed by atoms with van der Waals surface area (Å²) in [5.74, 6) is 0.258. The molecule has 1 aliphatic carbocycles. The van der Waals surface area contributed by atoms with Gasteiger partial charge in [0, 0.05) is 11.0 Å². The Bertz CT molecular complexity index is 580. The molecule has 0 amide bonds. The normalized spacial score (nSPS) is 17.8. The van der Waals surface area contributed by atoms with E-state index < -0.39 is 0 Å². The van der Waals surface area contributed by atoms with Crippen LogP contribution in [0.4, 0.5) is 10.2 Å². The van der Waals surface area contributed by atoms with Crippen LogP contribution < -0.4 is 5.73 Å². The first-order valence-electron chi connectivity index (χ1n) is 6.70. The second kappa shape index (κ2) is 4.37. The standard InChI is InChI=1S/C15H18FN3/c1-15(8-2-3-9-15)13-12(14(17)19-18-13)10-4-6-11(16)7-5-10/h4-7H,2-3,8-9H2,1H3,(H3,17,18,19). The van der Waals surface area contributed by atoms with E-state index >= 15 is 0 Å². The third-order valence-electron chi connectivity index (χ3n) is 4.24. The van der Waals surface area contributed by atoms with E-state index in [9.17, 15) is 4.39 Å². The summed E-state index contributed by atoms with van der Waals surface area (Å²) in [4.78, 5) is 0. The number of halogens is 1. The van der Waals surface area contributed by atoms with Gasteiger partial charge in [-0.25, -0.2) is 4.39 Å². The number of nitrogen functional groups attached to an aromatic ring is 1. The summed E-state index contributed by atoms with van der Waals surface area (Å²) in [6.07, 6.45) is 4.75. The minimum absolute atomic E-state index is 0.105. The van der Waals surface area contributed by atoms with E-state index in [1.807, 2.05) is 0 Å². The fourth-order valence-corrected chi connectivity index (χ4v) is 3.11. The van der Waals surface area contributed by atoms with Crippen molar-refractivity contribution < 1.29 is 4.39 Å². The molecule has 0 radical (unpaired) electrons. The molecule has 4 heteroatoms. The Labute approximate surface area is 112 Å². The molecule has 0 unspecified atom stereocenters. The lowest BCUT2D eigenvalue weighted by atomic mass is 9.81. The zero-order valence-corrected chi connectivity index (χ0v) is 11.0. The van der Waals surface area contributed by atoms with Crippen molar-refractivity contribution in [1.29, 1.82) is 0 Å². The molecule has 2 aromatic rings. The third-order valence-corrected chi connectivity index (χ3v) is 4.24. The molecule has 3 rings (SSSR count). The van der Waals surface area contributed by atoms with Gasteiger partial charge < -0.3 is 5.73 Å². The Hall–Kier alpha value is -1.84. The Morgan fingerprint density at radius 1 is 1.21 bits per heavy atom. The smallest absolute Gasteiger partial charge is 0.153 e. The molecule has 19 heavy (non-hydrogen) atoms. The summed E-state index contributed by atoms with van der Waals surface area (Å²) in [5, 5.41) is 7.27. The van der Waals surface area contributed by atoms with E-state index in [-0.39, 0.29) is 11.2 Å². The number of nitrogens with zero attached hydrogens (tertiary/aromatic N) is 1. The molecule has 0 bridgehead atoms. The van der Waals surface area contributed by atoms with Crippen LogP contribution in [0.2, 0.25) is 0 Å². The number of anilines is 1. The Kier molecular flexibility index (Phi) is 2.81. The molecule has 1 saturated carbocycles. The van der Waals surface area contributed by atoms with E-state index in [1.54, 1.807) is 12.1 Å². The van der Waals surface area contributed by atoms with Gasteiger partial charge in [-0.2, -0.15) is 5.10 Å². The molecular formula is C15H18FN3. The summed E-state index contributed by atoms with van der Waals surface area (Å²) < 4.78 is 13.1. The first-order valence-corrected chi connectivity index (χ1v) is 6.70. The van der Waals surface area contributed by atoms with Crippen molar-refractivity contribution in [3.8, 4) is 11.1 Å². The van der Waals surface area contributed by atoms with Crippen LogP contribution in [-0.4, -0.2) is 10.2 Å². The Morgan fingerprint density at radius 3 is 2.47 bits per heavy atom. The van der Waals surface area contributed by atoms with Gasteiger partial charge in [-0.15, -0.1) is 0 Å². The summed E-state index contributed by atoms with van der Waals surface area (Å²) in [6, 6.07) is 6.45. The summed E-state index contributed by atoms with van der Waals surface area (Å²) >= 11 is 0. The maximum Gasteiger partial charge on any atom is 0.153 e. The molecule has 0 atom stereocenters. The highest BCUT2D eigenvalue weighted by Gasteiger charge is 2.35. The van der Waals surface area contributed by atoms with E-state index in [0.717, 1.165) is 29.7 Å². The maximum absolute atomic E-state index is 13.1.